The molecule has 0 saturated carbocycles. The zero-order chi connectivity index (χ0) is 17.6. The molecule has 0 fully saturated rings. The van der Waals surface area contributed by atoms with E-state index >= 15 is 0 Å². The normalized spacial score (nSPS) is 16.7. The topological polar surface area (TPSA) is 75.6 Å². The van der Waals surface area contributed by atoms with Gasteiger partial charge in [0.25, 0.3) is 0 Å². The van der Waals surface area contributed by atoms with Crippen molar-refractivity contribution in [3.63, 3.8) is 0 Å². The summed E-state index contributed by atoms with van der Waals surface area (Å²) in [6.07, 6.45) is 6.52. The second-order valence-electron chi connectivity index (χ2n) is 6.47. The van der Waals surface area contributed by atoms with E-state index < -0.39 is 11.5 Å². The van der Waals surface area contributed by atoms with Gasteiger partial charge in [0.2, 0.25) is 5.91 Å². The van der Waals surface area contributed by atoms with E-state index in [2.05, 4.69) is 11.4 Å². The Morgan fingerprint density at radius 2 is 2.12 bits per heavy atom. The highest BCUT2D eigenvalue weighted by Gasteiger charge is 2.32. The van der Waals surface area contributed by atoms with Gasteiger partial charge in [0.05, 0.1) is 19.1 Å². The molecule has 0 heterocycles. The minimum Gasteiger partial charge on any atom is -0.497 e. The quantitative estimate of drug-likeness (QED) is 0.751. The van der Waals surface area contributed by atoms with Gasteiger partial charge in [-0.2, -0.15) is 0 Å². The second kappa shape index (κ2) is 7.99. The van der Waals surface area contributed by atoms with Crippen LogP contribution in [-0.2, 0) is 15.1 Å². The molecule has 0 radical (unpaired) electrons. The van der Waals surface area contributed by atoms with Crippen molar-refractivity contribution in [2.75, 3.05) is 7.11 Å². The number of hydrogen-bond acceptors (Lipinski definition) is 3. The molecule has 24 heavy (non-hydrogen) atoms. The molecular weight excluding hydrogens is 306 g/mol. The minimum absolute atomic E-state index is 0.144. The van der Waals surface area contributed by atoms with Crippen LogP contribution in [0.3, 0.4) is 0 Å². The second-order valence-corrected chi connectivity index (χ2v) is 6.47. The van der Waals surface area contributed by atoms with Crippen molar-refractivity contribution < 1.29 is 19.4 Å². The van der Waals surface area contributed by atoms with Crippen LogP contribution >= 0.6 is 0 Å². The zero-order valence-corrected chi connectivity index (χ0v) is 14.3. The molecule has 1 unspecified atom stereocenters. The Kier molecular flexibility index (Phi) is 6.01. The number of carbonyl (C=O) groups is 2. The number of nitrogens with one attached hydrogen (secondary N) is 1. The first-order valence-electron chi connectivity index (χ1n) is 8.28. The average Bonchev–Trinajstić information content (AvgIpc) is 2.55. The standard InChI is InChI=1S/C19H25NO4/c1-19(13-18(22)23,15-9-6-10-16(12-15)24-2)20-17(21)11-14-7-4-3-5-8-14/h6-7,9-10,12H,3-5,8,11,13H2,1-2H3,(H,20,21)(H,22,23). The predicted octanol–water partition coefficient (Wildman–Crippen LogP) is 3.39. The van der Waals surface area contributed by atoms with E-state index in [0.717, 1.165) is 30.4 Å². The molecule has 0 bridgehead atoms. The summed E-state index contributed by atoms with van der Waals surface area (Å²) in [4.78, 5) is 23.8. The molecule has 5 heteroatoms. The van der Waals surface area contributed by atoms with Crippen LogP contribution in [0.4, 0.5) is 0 Å². The number of hydrogen-bond donors (Lipinski definition) is 2. The lowest BCUT2D eigenvalue weighted by Crippen LogP contribution is -2.45. The van der Waals surface area contributed by atoms with E-state index in [9.17, 15) is 14.7 Å². The van der Waals surface area contributed by atoms with E-state index in [1.54, 1.807) is 32.2 Å². The molecule has 0 aliphatic heterocycles. The van der Waals surface area contributed by atoms with E-state index in [0.29, 0.717) is 12.2 Å². The maximum Gasteiger partial charge on any atom is 0.306 e. The van der Waals surface area contributed by atoms with Gasteiger partial charge in [-0.05, 0) is 50.3 Å². The van der Waals surface area contributed by atoms with E-state index in [4.69, 9.17) is 4.74 Å². The Morgan fingerprint density at radius 3 is 2.75 bits per heavy atom. The van der Waals surface area contributed by atoms with Crippen molar-refractivity contribution >= 4 is 11.9 Å². The number of rotatable bonds is 7. The van der Waals surface area contributed by atoms with E-state index in [1.165, 1.54) is 6.42 Å². The third-order valence-electron chi connectivity index (χ3n) is 4.40. The Morgan fingerprint density at radius 1 is 1.33 bits per heavy atom. The number of allylic oxidation sites excluding steroid dienone is 1. The summed E-state index contributed by atoms with van der Waals surface area (Å²) in [5.74, 6) is -0.472. The van der Waals surface area contributed by atoms with Crippen LogP contribution in [0.5, 0.6) is 5.75 Å². The molecule has 1 atom stereocenters. The van der Waals surface area contributed by atoms with Crippen LogP contribution in [0.1, 0.15) is 51.0 Å². The maximum atomic E-state index is 12.5. The van der Waals surface area contributed by atoms with Crippen LogP contribution in [0.25, 0.3) is 0 Å². The number of methoxy groups -OCH3 is 1. The van der Waals surface area contributed by atoms with Gasteiger partial charge in [-0.15, -0.1) is 0 Å². The van der Waals surface area contributed by atoms with Gasteiger partial charge in [0.1, 0.15) is 5.75 Å². The molecular formula is C19H25NO4. The number of carbonyl (C=O) groups excluding carboxylic acids is 1. The van der Waals surface area contributed by atoms with Gasteiger partial charge >= 0.3 is 5.97 Å². The van der Waals surface area contributed by atoms with E-state index in [-0.39, 0.29) is 12.3 Å². The van der Waals surface area contributed by atoms with Gasteiger partial charge < -0.3 is 15.2 Å². The third-order valence-corrected chi connectivity index (χ3v) is 4.40. The molecule has 2 rings (SSSR count). The highest BCUT2D eigenvalue weighted by molar-refractivity contribution is 5.80. The number of aliphatic carboxylic acids is 1. The first-order chi connectivity index (χ1) is 11.4. The number of ether oxygens (including phenoxy) is 1. The summed E-state index contributed by atoms with van der Waals surface area (Å²) in [5.41, 5.74) is 0.879. The molecule has 1 aliphatic rings. The SMILES string of the molecule is COc1cccc(C(C)(CC(=O)O)NC(=O)CC2=CCCCC2)c1. The summed E-state index contributed by atoms with van der Waals surface area (Å²) >= 11 is 0. The van der Waals surface area contributed by atoms with Crippen LogP contribution in [0.15, 0.2) is 35.9 Å². The third kappa shape index (κ3) is 4.85. The maximum absolute atomic E-state index is 12.5. The average molecular weight is 331 g/mol. The van der Waals surface area contributed by atoms with Crippen molar-refractivity contribution in [3.8, 4) is 5.75 Å². The molecule has 5 nitrogen and oxygen atoms in total. The number of carboxylic acids is 1. The predicted molar refractivity (Wildman–Crippen MR) is 91.9 cm³/mol. The van der Waals surface area contributed by atoms with Gasteiger partial charge in [-0.25, -0.2) is 0 Å². The lowest BCUT2D eigenvalue weighted by molar-refractivity contribution is -0.139. The summed E-state index contributed by atoms with van der Waals surface area (Å²) in [5, 5.41) is 12.2. The molecule has 1 aromatic carbocycles. The fourth-order valence-electron chi connectivity index (χ4n) is 3.11. The van der Waals surface area contributed by atoms with Crippen molar-refractivity contribution in [1.29, 1.82) is 0 Å². The van der Waals surface area contributed by atoms with Crippen molar-refractivity contribution in [3.05, 3.63) is 41.5 Å². The molecule has 0 saturated heterocycles. The molecule has 2 N–H and O–H groups in total. The number of carboxylic acid groups (broad SMARTS) is 1. The monoisotopic (exact) mass is 331 g/mol. The van der Waals surface area contributed by atoms with Crippen LogP contribution in [-0.4, -0.2) is 24.1 Å². The Hall–Kier alpha value is -2.30. The molecule has 1 aromatic rings. The Labute approximate surface area is 142 Å². The molecule has 1 aliphatic carbocycles. The number of amides is 1. The first-order valence-corrected chi connectivity index (χ1v) is 8.28. The van der Waals surface area contributed by atoms with Crippen LogP contribution < -0.4 is 10.1 Å². The van der Waals surface area contributed by atoms with Crippen molar-refractivity contribution in [1.82, 2.24) is 5.32 Å². The highest BCUT2D eigenvalue weighted by Crippen LogP contribution is 2.29. The number of benzene rings is 1. The Balaban J connectivity index is 2.18. The van der Waals surface area contributed by atoms with Gasteiger partial charge in [-0.3, -0.25) is 9.59 Å². The lowest BCUT2D eigenvalue weighted by atomic mass is 9.87. The molecule has 0 aromatic heterocycles. The fourth-order valence-corrected chi connectivity index (χ4v) is 3.11. The highest BCUT2D eigenvalue weighted by atomic mass is 16.5. The summed E-state index contributed by atoms with van der Waals surface area (Å²) in [6, 6.07) is 7.16. The zero-order valence-electron chi connectivity index (χ0n) is 14.3. The molecule has 1 amide bonds. The van der Waals surface area contributed by atoms with Crippen LogP contribution in [0.2, 0.25) is 0 Å². The largest absolute Gasteiger partial charge is 0.497 e. The lowest BCUT2D eigenvalue weighted by Gasteiger charge is -2.30. The Bertz CT molecular complexity index is 638. The van der Waals surface area contributed by atoms with Crippen molar-refractivity contribution in [2.45, 2.75) is 51.0 Å². The van der Waals surface area contributed by atoms with Crippen LogP contribution in [0, 0.1) is 0 Å². The first kappa shape index (κ1) is 18.0. The minimum atomic E-state index is -0.979. The van der Waals surface area contributed by atoms with Gasteiger partial charge in [-0.1, -0.05) is 23.8 Å². The van der Waals surface area contributed by atoms with Gasteiger partial charge in [0.15, 0.2) is 0 Å². The molecule has 0 spiro atoms. The smallest absolute Gasteiger partial charge is 0.306 e. The van der Waals surface area contributed by atoms with E-state index in [1.807, 2.05) is 6.07 Å². The van der Waals surface area contributed by atoms with Crippen molar-refractivity contribution in [2.24, 2.45) is 0 Å². The summed E-state index contributed by atoms with van der Waals surface area (Å²) in [7, 11) is 1.56. The molecule has 130 valence electrons. The van der Waals surface area contributed by atoms with Gasteiger partial charge in [0, 0.05) is 6.42 Å². The summed E-state index contributed by atoms with van der Waals surface area (Å²) in [6.45, 7) is 1.74. The summed E-state index contributed by atoms with van der Waals surface area (Å²) < 4.78 is 5.21. The fraction of sp³-hybridized carbons (Fsp3) is 0.474.